The molecule has 6 atom stereocenters. The van der Waals surface area contributed by atoms with Crippen LogP contribution in [0.3, 0.4) is 0 Å². The van der Waals surface area contributed by atoms with E-state index in [4.69, 9.17) is 11.6 Å². The molecule has 2 saturated carbocycles. The molecule has 4 amide bonds. The minimum Gasteiger partial charge on any atom is -0.507 e. The molecule has 4 fully saturated rings. The fourth-order valence-corrected chi connectivity index (χ4v) is 10.6. The molecule has 0 bridgehead atoms. The van der Waals surface area contributed by atoms with Crippen molar-refractivity contribution in [2.75, 3.05) is 4.90 Å². The maximum Gasteiger partial charge on any atom is 0.246 e. The lowest BCUT2D eigenvalue weighted by Crippen LogP contribution is -2.53. The highest BCUT2D eigenvalue weighted by atomic mass is 35.5. The molecule has 2 aliphatic heterocycles. The molecule has 4 aromatic rings. The van der Waals surface area contributed by atoms with Gasteiger partial charge in [-0.3, -0.25) is 24.1 Å². The van der Waals surface area contributed by atoms with E-state index in [0.717, 1.165) is 48.6 Å². The van der Waals surface area contributed by atoms with E-state index in [1.54, 1.807) is 35.2 Å². The summed E-state index contributed by atoms with van der Waals surface area (Å²) in [5, 5.41) is 12.8. The van der Waals surface area contributed by atoms with Crippen LogP contribution in [0.1, 0.15) is 62.0 Å². The van der Waals surface area contributed by atoms with Gasteiger partial charge in [-0.2, -0.15) is 0 Å². The van der Waals surface area contributed by atoms with Crippen LogP contribution in [0.2, 0.25) is 5.02 Å². The molecule has 0 radical (unpaired) electrons. The molecule has 6 unspecified atom stereocenters. The molecule has 9 rings (SSSR count). The Hall–Kier alpha value is -4.75. The standard InChI is InChI=1S/C42H37ClN2O5/c43-25-12-9-15-27(22-25)45-39(48)34-23-33-31(18-19-32-36(33)40(49)44(38(32)47)26-13-5-2-6-14-26)37(42(34,41(45)50)24-10-3-1-4-11-24)30-20-21-35(46)29-17-8-7-16-28(29)30/h1,3-4,7-12,15-18,20-22,26,32-34,36-37,46H,2,5-6,13-14,19,23H2. The number of nitrogens with zero attached hydrogens (tertiary/aromatic N) is 2. The second-order valence-electron chi connectivity index (χ2n) is 14.7. The number of phenolic OH excluding ortho intramolecular Hbond substituents is 1. The molecule has 7 nitrogen and oxygen atoms in total. The number of allylic oxidation sites excluding steroid dienone is 2. The molecule has 0 aromatic heterocycles. The first-order chi connectivity index (χ1) is 24.3. The maximum absolute atomic E-state index is 15.5. The van der Waals surface area contributed by atoms with Gasteiger partial charge in [0.2, 0.25) is 23.6 Å². The van der Waals surface area contributed by atoms with Gasteiger partial charge in [0.1, 0.15) is 5.75 Å². The number of hydrogen-bond acceptors (Lipinski definition) is 5. The van der Waals surface area contributed by atoms with Gasteiger partial charge < -0.3 is 5.11 Å². The van der Waals surface area contributed by atoms with E-state index in [-0.39, 0.29) is 41.8 Å². The number of anilines is 1. The topological polar surface area (TPSA) is 95.0 Å². The first kappa shape index (κ1) is 31.2. The van der Waals surface area contributed by atoms with Crippen LogP contribution in [-0.2, 0) is 24.6 Å². The molecule has 5 aliphatic rings. The van der Waals surface area contributed by atoms with Crippen LogP contribution in [0.5, 0.6) is 5.75 Å². The Bertz CT molecular complexity index is 2120. The summed E-state index contributed by atoms with van der Waals surface area (Å²) < 4.78 is 0. The largest absolute Gasteiger partial charge is 0.507 e. The van der Waals surface area contributed by atoms with Crippen molar-refractivity contribution in [2.45, 2.75) is 62.3 Å². The van der Waals surface area contributed by atoms with E-state index in [1.807, 2.05) is 60.7 Å². The number of phenols is 1. The predicted octanol–water partition coefficient (Wildman–Crippen LogP) is 7.69. The summed E-state index contributed by atoms with van der Waals surface area (Å²) in [6.07, 6.45) is 7.51. The molecular formula is C42H37ClN2O5. The second kappa shape index (κ2) is 11.7. The molecule has 8 heteroatoms. The zero-order chi connectivity index (χ0) is 34.3. The van der Waals surface area contributed by atoms with Crippen molar-refractivity contribution in [3.63, 3.8) is 0 Å². The Labute approximate surface area is 295 Å². The van der Waals surface area contributed by atoms with Crippen LogP contribution in [-0.4, -0.2) is 39.7 Å². The number of amides is 4. The van der Waals surface area contributed by atoms with Gasteiger partial charge in [0.05, 0.1) is 28.9 Å². The maximum atomic E-state index is 15.5. The van der Waals surface area contributed by atoms with Crippen molar-refractivity contribution < 1.29 is 24.3 Å². The Morgan fingerprint density at radius 2 is 1.48 bits per heavy atom. The van der Waals surface area contributed by atoms with Crippen LogP contribution < -0.4 is 4.90 Å². The highest BCUT2D eigenvalue weighted by Gasteiger charge is 2.70. The van der Waals surface area contributed by atoms with Crippen LogP contribution in [0, 0.1) is 23.7 Å². The van der Waals surface area contributed by atoms with Gasteiger partial charge in [-0.1, -0.05) is 109 Å². The molecule has 50 heavy (non-hydrogen) atoms. The molecule has 1 N–H and O–H groups in total. The Balaban J connectivity index is 1.30. The summed E-state index contributed by atoms with van der Waals surface area (Å²) in [7, 11) is 0. The highest BCUT2D eigenvalue weighted by Crippen LogP contribution is 2.65. The monoisotopic (exact) mass is 684 g/mol. The Kier molecular flexibility index (Phi) is 7.29. The van der Waals surface area contributed by atoms with Crippen LogP contribution in [0.4, 0.5) is 5.69 Å². The van der Waals surface area contributed by atoms with E-state index in [9.17, 15) is 19.5 Å². The van der Waals surface area contributed by atoms with E-state index >= 15 is 4.79 Å². The van der Waals surface area contributed by atoms with Crippen LogP contribution in [0.25, 0.3) is 10.8 Å². The number of fused-ring (bicyclic) bond motifs is 5. The third-order valence-electron chi connectivity index (χ3n) is 12.4. The highest BCUT2D eigenvalue weighted by molar-refractivity contribution is 6.32. The Morgan fingerprint density at radius 1 is 0.740 bits per heavy atom. The van der Waals surface area contributed by atoms with E-state index in [2.05, 4.69) is 6.08 Å². The van der Waals surface area contributed by atoms with Crippen LogP contribution >= 0.6 is 11.6 Å². The number of halogens is 1. The number of imide groups is 2. The summed E-state index contributed by atoms with van der Waals surface area (Å²) in [5.74, 6) is -3.80. The van der Waals surface area contributed by atoms with Crippen molar-refractivity contribution in [3.05, 3.63) is 119 Å². The molecule has 4 aromatic carbocycles. The molecule has 3 aliphatic carbocycles. The summed E-state index contributed by atoms with van der Waals surface area (Å²) in [6.45, 7) is 0. The van der Waals surface area contributed by atoms with Gasteiger partial charge in [0.15, 0.2) is 0 Å². The minimum atomic E-state index is -1.37. The fourth-order valence-electron chi connectivity index (χ4n) is 10.4. The van der Waals surface area contributed by atoms with Gasteiger partial charge in [0.25, 0.3) is 0 Å². The van der Waals surface area contributed by atoms with E-state index in [1.165, 1.54) is 4.90 Å². The lowest BCUT2D eigenvalue weighted by Gasteiger charge is -2.51. The molecule has 252 valence electrons. The van der Waals surface area contributed by atoms with Gasteiger partial charge >= 0.3 is 0 Å². The number of rotatable bonds is 4. The van der Waals surface area contributed by atoms with Gasteiger partial charge in [-0.15, -0.1) is 0 Å². The quantitative estimate of drug-likeness (QED) is 0.176. The van der Waals surface area contributed by atoms with Crippen LogP contribution in [0.15, 0.2) is 103 Å². The van der Waals surface area contributed by atoms with Gasteiger partial charge in [0, 0.05) is 22.4 Å². The number of aromatic hydroxyl groups is 1. The van der Waals surface area contributed by atoms with Crippen molar-refractivity contribution in [3.8, 4) is 5.75 Å². The van der Waals surface area contributed by atoms with Crippen molar-refractivity contribution in [1.29, 1.82) is 0 Å². The van der Waals surface area contributed by atoms with Crippen molar-refractivity contribution in [2.24, 2.45) is 23.7 Å². The van der Waals surface area contributed by atoms with Crippen molar-refractivity contribution >= 4 is 51.7 Å². The first-order valence-corrected chi connectivity index (χ1v) is 18.2. The molecular weight excluding hydrogens is 648 g/mol. The predicted molar refractivity (Wildman–Crippen MR) is 190 cm³/mol. The van der Waals surface area contributed by atoms with Crippen molar-refractivity contribution in [1.82, 2.24) is 4.90 Å². The second-order valence-corrected chi connectivity index (χ2v) is 15.1. The average molecular weight is 685 g/mol. The number of likely N-dealkylation sites (tertiary alicyclic amines) is 1. The SMILES string of the molecule is O=C1C2CC3C(=CCC4C(=O)N(C5CCCCC5)C(=O)C43)C(c3ccc(O)c4ccccc34)C2(c2ccccc2)C(=O)N1c1cccc(Cl)c1. The average Bonchev–Trinajstić information content (AvgIpc) is 3.53. The summed E-state index contributed by atoms with van der Waals surface area (Å²) >= 11 is 6.44. The smallest absolute Gasteiger partial charge is 0.246 e. The lowest BCUT2D eigenvalue weighted by atomic mass is 9.49. The minimum absolute atomic E-state index is 0.0883. The lowest BCUT2D eigenvalue weighted by molar-refractivity contribution is -0.143. The third kappa shape index (κ3) is 4.28. The summed E-state index contributed by atoms with van der Waals surface area (Å²) in [4.78, 5) is 62.1. The summed E-state index contributed by atoms with van der Waals surface area (Å²) in [6, 6.07) is 27.4. The fraction of sp³-hybridized carbons (Fsp3) is 0.333. The molecule has 0 spiro atoms. The Morgan fingerprint density at radius 3 is 2.24 bits per heavy atom. The summed E-state index contributed by atoms with van der Waals surface area (Å²) in [5.41, 5.74) is 1.47. The zero-order valence-corrected chi connectivity index (χ0v) is 28.3. The number of hydrogen-bond donors (Lipinski definition) is 1. The first-order valence-electron chi connectivity index (χ1n) is 17.8. The van der Waals surface area contributed by atoms with E-state index < -0.39 is 35.0 Å². The molecule has 2 saturated heterocycles. The number of benzene rings is 4. The number of carbonyl (C=O) groups is 4. The molecule has 2 heterocycles. The van der Waals surface area contributed by atoms with E-state index in [0.29, 0.717) is 28.1 Å². The third-order valence-corrected chi connectivity index (χ3v) is 12.6. The number of carbonyl (C=O) groups excluding carboxylic acids is 4. The zero-order valence-electron chi connectivity index (χ0n) is 27.5. The van der Waals surface area contributed by atoms with Gasteiger partial charge in [-0.25, -0.2) is 4.90 Å². The van der Waals surface area contributed by atoms with Gasteiger partial charge in [-0.05, 0) is 72.4 Å². The normalized spacial score (nSPS) is 29.6.